The molecule has 2 aliphatic rings. The predicted molar refractivity (Wildman–Crippen MR) is 75.9 cm³/mol. The maximum atomic E-state index is 6.13. The highest BCUT2D eigenvalue weighted by molar-refractivity contribution is 5.80. The van der Waals surface area contributed by atoms with Crippen molar-refractivity contribution >= 4 is 5.96 Å². The van der Waals surface area contributed by atoms with E-state index in [9.17, 15) is 0 Å². The molecule has 1 aliphatic carbocycles. The van der Waals surface area contributed by atoms with Gasteiger partial charge >= 0.3 is 0 Å². The van der Waals surface area contributed by atoms with Gasteiger partial charge < -0.3 is 15.2 Å². The zero-order valence-electron chi connectivity index (χ0n) is 11.8. The van der Waals surface area contributed by atoms with E-state index in [4.69, 9.17) is 5.73 Å². The van der Waals surface area contributed by atoms with Crippen molar-refractivity contribution in [2.75, 3.05) is 6.54 Å². The Labute approximate surface area is 114 Å². The lowest BCUT2D eigenvalue weighted by Gasteiger charge is -2.32. The summed E-state index contributed by atoms with van der Waals surface area (Å²) in [7, 11) is 0. The van der Waals surface area contributed by atoms with Gasteiger partial charge in [0.15, 0.2) is 5.96 Å². The maximum absolute atomic E-state index is 6.13. The number of rotatable bonds is 3. The van der Waals surface area contributed by atoms with Crippen LogP contribution in [0.25, 0.3) is 0 Å². The molecule has 1 unspecified atom stereocenters. The molecular formula is C14H23N5. The summed E-state index contributed by atoms with van der Waals surface area (Å²) < 4.78 is 2.24. The van der Waals surface area contributed by atoms with Crippen LogP contribution in [-0.4, -0.2) is 33.0 Å². The summed E-state index contributed by atoms with van der Waals surface area (Å²) in [5.41, 5.74) is 7.37. The van der Waals surface area contributed by atoms with E-state index in [-0.39, 0.29) is 6.04 Å². The number of guanidine groups is 1. The summed E-state index contributed by atoms with van der Waals surface area (Å²) in [5.74, 6) is 0.716. The summed E-state index contributed by atoms with van der Waals surface area (Å²) in [6.07, 6.45) is 8.99. The van der Waals surface area contributed by atoms with Gasteiger partial charge in [-0.2, -0.15) is 0 Å². The topological polar surface area (TPSA) is 59.4 Å². The van der Waals surface area contributed by atoms with Crippen LogP contribution in [0.15, 0.2) is 17.5 Å². The first-order valence-corrected chi connectivity index (χ1v) is 7.28. The zero-order valence-corrected chi connectivity index (χ0v) is 11.8. The Morgan fingerprint density at radius 2 is 2.05 bits per heavy atom. The van der Waals surface area contributed by atoms with Gasteiger partial charge in [-0.3, -0.25) is 4.99 Å². The lowest BCUT2D eigenvalue weighted by molar-refractivity contribution is 0.251. The van der Waals surface area contributed by atoms with Crippen LogP contribution >= 0.6 is 0 Å². The molecule has 0 saturated heterocycles. The van der Waals surface area contributed by atoms with Crippen LogP contribution in [0.1, 0.15) is 57.3 Å². The van der Waals surface area contributed by atoms with E-state index >= 15 is 0 Å². The van der Waals surface area contributed by atoms with Crippen molar-refractivity contribution in [2.45, 2.75) is 57.7 Å². The second-order valence-corrected chi connectivity index (χ2v) is 5.88. The maximum Gasteiger partial charge on any atom is 0.192 e. The highest BCUT2D eigenvalue weighted by atomic mass is 15.4. The molecule has 0 aromatic carbocycles. The number of hydrogen-bond acceptors (Lipinski definition) is 4. The standard InChI is InChI=1S/C14H23N5/c1-10(2)18-9-16-7-12(18)13-8-17-14(15)19(13)11-5-3-4-6-11/h7,9-11,13H,3-6,8H2,1-2H3,(H2,15,17). The minimum atomic E-state index is 0.271. The molecule has 5 heteroatoms. The van der Waals surface area contributed by atoms with Crippen molar-refractivity contribution in [3.05, 3.63) is 18.2 Å². The second-order valence-electron chi connectivity index (χ2n) is 5.88. The Morgan fingerprint density at radius 1 is 1.32 bits per heavy atom. The minimum absolute atomic E-state index is 0.271. The van der Waals surface area contributed by atoms with Crippen molar-refractivity contribution in [1.82, 2.24) is 14.5 Å². The van der Waals surface area contributed by atoms with Gasteiger partial charge in [-0.1, -0.05) is 12.8 Å². The summed E-state index contributed by atoms with van der Waals surface area (Å²) >= 11 is 0. The molecule has 0 radical (unpaired) electrons. The van der Waals surface area contributed by atoms with Crippen molar-refractivity contribution in [3.8, 4) is 0 Å². The molecule has 0 spiro atoms. The van der Waals surface area contributed by atoms with Gasteiger partial charge in [0.05, 0.1) is 30.8 Å². The van der Waals surface area contributed by atoms with Gasteiger partial charge in [-0.25, -0.2) is 4.98 Å². The molecule has 1 aliphatic heterocycles. The molecule has 0 amide bonds. The SMILES string of the molecule is CC(C)n1cncc1C1CN=C(N)N1C1CCCC1. The monoisotopic (exact) mass is 261 g/mol. The Kier molecular flexibility index (Phi) is 3.21. The second kappa shape index (κ2) is 4.87. The minimum Gasteiger partial charge on any atom is -0.370 e. The van der Waals surface area contributed by atoms with Crippen LogP contribution in [0.5, 0.6) is 0 Å². The Morgan fingerprint density at radius 3 is 2.74 bits per heavy atom. The van der Waals surface area contributed by atoms with Crippen LogP contribution in [0.4, 0.5) is 0 Å². The first kappa shape index (κ1) is 12.5. The molecule has 1 aromatic heterocycles. The molecule has 3 rings (SSSR count). The third-order valence-electron chi connectivity index (χ3n) is 4.34. The molecule has 1 saturated carbocycles. The Balaban J connectivity index is 1.89. The van der Waals surface area contributed by atoms with E-state index in [0.29, 0.717) is 18.0 Å². The number of nitrogens with two attached hydrogens (primary N) is 1. The smallest absolute Gasteiger partial charge is 0.192 e. The van der Waals surface area contributed by atoms with Gasteiger partial charge in [0.2, 0.25) is 0 Å². The van der Waals surface area contributed by atoms with E-state index in [1.807, 2.05) is 12.5 Å². The van der Waals surface area contributed by atoms with Gasteiger partial charge in [0, 0.05) is 12.1 Å². The molecular weight excluding hydrogens is 238 g/mol. The van der Waals surface area contributed by atoms with E-state index in [0.717, 1.165) is 6.54 Å². The average Bonchev–Trinajstić information content (AvgIpc) is 3.06. The lowest BCUT2D eigenvalue weighted by atomic mass is 10.1. The number of aromatic nitrogens is 2. The molecule has 19 heavy (non-hydrogen) atoms. The molecule has 1 fully saturated rings. The van der Waals surface area contributed by atoms with Gasteiger partial charge in [-0.15, -0.1) is 0 Å². The lowest BCUT2D eigenvalue weighted by Crippen LogP contribution is -2.43. The fraction of sp³-hybridized carbons (Fsp3) is 0.714. The predicted octanol–water partition coefficient (Wildman–Crippen LogP) is 2.08. The van der Waals surface area contributed by atoms with Crippen molar-refractivity contribution in [2.24, 2.45) is 10.7 Å². The van der Waals surface area contributed by atoms with Crippen molar-refractivity contribution in [1.29, 1.82) is 0 Å². The molecule has 104 valence electrons. The quantitative estimate of drug-likeness (QED) is 0.906. The van der Waals surface area contributed by atoms with E-state index < -0.39 is 0 Å². The first-order chi connectivity index (χ1) is 9.18. The summed E-state index contributed by atoms with van der Waals surface area (Å²) in [5, 5.41) is 0. The van der Waals surface area contributed by atoms with E-state index in [1.54, 1.807) is 0 Å². The Bertz CT molecular complexity index is 470. The van der Waals surface area contributed by atoms with E-state index in [1.165, 1.54) is 31.4 Å². The van der Waals surface area contributed by atoms with Crippen LogP contribution in [0.2, 0.25) is 0 Å². The number of nitrogens with zero attached hydrogens (tertiary/aromatic N) is 4. The molecule has 0 bridgehead atoms. The largest absolute Gasteiger partial charge is 0.370 e. The molecule has 1 atom stereocenters. The summed E-state index contributed by atoms with van der Waals surface area (Å²) in [6.45, 7) is 5.13. The molecule has 5 nitrogen and oxygen atoms in total. The van der Waals surface area contributed by atoms with Crippen LogP contribution in [0, 0.1) is 0 Å². The highest BCUT2D eigenvalue weighted by Crippen LogP contribution is 2.34. The fourth-order valence-electron chi connectivity index (χ4n) is 3.37. The van der Waals surface area contributed by atoms with E-state index in [2.05, 4.69) is 33.3 Å². The van der Waals surface area contributed by atoms with Crippen LogP contribution < -0.4 is 5.73 Å². The van der Waals surface area contributed by atoms with Crippen LogP contribution in [-0.2, 0) is 0 Å². The molecule has 2 heterocycles. The third kappa shape index (κ3) is 2.11. The summed E-state index contributed by atoms with van der Waals surface area (Å²) in [4.78, 5) is 11.1. The highest BCUT2D eigenvalue weighted by Gasteiger charge is 2.36. The normalized spacial score (nSPS) is 24.5. The number of hydrogen-bond donors (Lipinski definition) is 1. The Hall–Kier alpha value is -1.52. The van der Waals surface area contributed by atoms with Gasteiger partial charge in [0.25, 0.3) is 0 Å². The average molecular weight is 261 g/mol. The van der Waals surface area contributed by atoms with Crippen molar-refractivity contribution in [3.63, 3.8) is 0 Å². The summed E-state index contributed by atoms with van der Waals surface area (Å²) in [6, 6.07) is 1.25. The molecule has 2 N–H and O–H groups in total. The molecule has 1 aromatic rings. The zero-order chi connectivity index (χ0) is 13.4. The van der Waals surface area contributed by atoms with Gasteiger partial charge in [-0.05, 0) is 26.7 Å². The van der Waals surface area contributed by atoms with Crippen molar-refractivity contribution < 1.29 is 0 Å². The fourth-order valence-corrected chi connectivity index (χ4v) is 3.37. The van der Waals surface area contributed by atoms with Crippen LogP contribution in [0.3, 0.4) is 0 Å². The number of imidazole rings is 1. The number of aliphatic imine (C=N–C) groups is 1. The van der Waals surface area contributed by atoms with Gasteiger partial charge in [0.1, 0.15) is 0 Å². The third-order valence-corrected chi connectivity index (χ3v) is 4.34. The first-order valence-electron chi connectivity index (χ1n) is 7.28.